The Bertz CT molecular complexity index is 3190. The molecular weight excluding hydrogens is 488 g/mol. The maximum Gasteiger partial charge on any atom is 0.139 e. The van der Waals surface area contributed by atoms with Gasteiger partial charge in [-0.05, 0) is 84.9 Å². The minimum atomic E-state index is -0.743. The van der Waals surface area contributed by atoms with Gasteiger partial charge in [0.2, 0.25) is 0 Å². The zero-order chi connectivity index (χ0) is 39.3. The molecule has 0 aliphatic rings. The second-order valence-electron chi connectivity index (χ2n) is 9.37. The topological polar surface area (TPSA) is 26.3 Å². The lowest BCUT2D eigenvalue weighted by Crippen LogP contribution is -1.91. The average Bonchev–Trinajstić information content (AvgIpc) is 3.78. The van der Waals surface area contributed by atoms with Gasteiger partial charge in [-0.3, -0.25) is 0 Å². The van der Waals surface area contributed by atoms with Gasteiger partial charge in [-0.15, -0.1) is 0 Å². The van der Waals surface area contributed by atoms with Crippen molar-refractivity contribution in [3.05, 3.63) is 133 Å². The van der Waals surface area contributed by atoms with Gasteiger partial charge in [-0.25, -0.2) is 0 Å². The Hall–Kier alpha value is -5.34. The maximum atomic E-state index is 9.36. The Kier molecular flexibility index (Phi) is 2.39. The molecule has 0 aliphatic carbocycles. The lowest BCUT2D eigenvalue weighted by Gasteiger charge is -2.18. The fourth-order valence-corrected chi connectivity index (χ4v) is 5.46. The van der Waals surface area contributed by atoms with E-state index >= 15 is 0 Å². The van der Waals surface area contributed by atoms with Gasteiger partial charge in [0.1, 0.15) is 16.7 Å². The van der Waals surface area contributed by atoms with Gasteiger partial charge in [0, 0.05) is 22.2 Å². The highest BCUT2D eigenvalue weighted by Gasteiger charge is 2.18. The first-order valence-corrected chi connectivity index (χ1v) is 12.4. The van der Waals surface area contributed by atoms with E-state index in [1.807, 2.05) is 6.07 Å². The van der Waals surface area contributed by atoms with Crippen LogP contribution in [0.3, 0.4) is 0 Å². The van der Waals surface area contributed by atoms with E-state index in [1.54, 1.807) is 36.6 Å². The summed E-state index contributed by atoms with van der Waals surface area (Å²) < 4.78 is 145. The van der Waals surface area contributed by atoms with Crippen LogP contribution >= 0.6 is 0 Å². The summed E-state index contributed by atoms with van der Waals surface area (Å²) in [5, 5.41) is 0.408. The summed E-state index contributed by atoms with van der Waals surface area (Å²) in [6.07, 6.45) is 1.56. The second kappa shape index (κ2) is 8.08. The summed E-state index contributed by atoms with van der Waals surface area (Å²) in [6, 6.07) is 0.313. The molecular formula is C38H22O2. The minimum Gasteiger partial charge on any atom is -0.464 e. The zero-order valence-corrected chi connectivity index (χ0v) is 20.4. The van der Waals surface area contributed by atoms with E-state index in [4.69, 9.17) is 21.2 Å². The third kappa shape index (κ3) is 3.05. The lowest BCUT2D eigenvalue weighted by atomic mass is 9.85. The van der Waals surface area contributed by atoms with Crippen LogP contribution < -0.4 is 0 Å². The smallest absolute Gasteiger partial charge is 0.139 e. The fraction of sp³-hybridized carbons (Fsp3) is 0. The van der Waals surface area contributed by atoms with E-state index in [-0.39, 0.29) is 38.2 Å². The van der Waals surface area contributed by atoms with Crippen LogP contribution in [0, 0.1) is 0 Å². The number of fused-ring (bicyclic) bond motifs is 7. The molecule has 9 rings (SSSR count). The normalized spacial score (nSPS) is 17.2. The molecule has 0 atom stereocenters. The molecule has 2 aromatic heterocycles. The first-order chi connectivity index (χ1) is 26.1. The van der Waals surface area contributed by atoms with Gasteiger partial charge in [0.15, 0.2) is 0 Å². The number of furan rings is 2. The van der Waals surface area contributed by atoms with Gasteiger partial charge in [-0.1, -0.05) is 90.7 Å². The summed E-state index contributed by atoms with van der Waals surface area (Å²) in [5.74, 6) is 0. The van der Waals surface area contributed by atoms with E-state index in [2.05, 4.69) is 0 Å². The number of hydrogen-bond donors (Lipinski definition) is 0. The predicted molar refractivity (Wildman–Crippen MR) is 167 cm³/mol. The Morgan fingerprint density at radius 1 is 0.450 bits per heavy atom. The summed E-state index contributed by atoms with van der Waals surface area (Å²) in [4.78, 5) is 0. The first kappa shape index (κ1) is 11.8. The molecule has 0 aliphatic heterocycles. The van der Waals surface area contributed by atoms with Crippen molar-refractivity contribution in [1.29, 1.82) is 0 Å². The Morgan fingerprint density at radius 3 is 1.85 bits per heavy atom. The van der Waals surface area contributed by atoms with Gasteiger partial charge in [0.25, 0.3) is 0 Å². The molecule has 2 heteroatoms. The van der Waals surface area contributed by atoms with E-state index < -0.39 is 107 Å². The predicted octanol–water partition coefficient (Wildman–Crippen LogP) is 11.1. The van der Waals surface area contributed by atoms with Crippen molar-refractivity contribution in [1.82, 2.24) is 0 Å². The number of hydrogen-bond acceptors (Lipinski definition) is 2. The van der Waals surface area contributed by atoms with Crippen molar-refractivity contribution in [2.45, 2.75) is 0 Å². The van der Waals surface area contributed by atoms with E-state index in [0.717, 1.165) is 10.8 Å². The summed E-state index contributed by atoms with van der Waals surface area (Å²) >= 11 is 0. The number of rotatable bonds is 2. The van der Waals surface area contributed by atoms with E-state index in [1.165, 1.54) is 0 Å². The minimum absolute atomic E-state index is 0.00395. The van der Waals surface area contributed by atoms with Crippen molar-refractivity contribution in [2.24, 2.45) is 0 Å². The summed E-state index contributed by atoms with van der Waals surface area (Å²) in [5.41, 5.74) is 0.822. The highest BCUT2D eigenvalue weighted by atomic mass is 16.3. The van der Waals surface area contributed by atoms with Crippen molar-refractivity contribution in [3.8, 4) is 22.3 Å². The molecule has 0 radical (unpaired) electrons. The summed E-state index contributed by atoms with van der Waals surface area (Å²) in [7, 11) is 0. The molecule has 2 nitrogen and oxygen atoms in total. The fourth-order valence-electron chi connectivity index (χ4n) is 5.46. The van der Waals surface area contributed by atoms with Crippen LogP contribution in [0.25, 0.3) is 87.5 Å². The maximum absolute atomic E-state index is 9.36. The highest BCUT2D eigenvalue weighted by molar-refractivity contribution is 6.22. The van der Waals surface area contributed by atoms with Gasteiger partial charge >= 0.3 is 0 Å². The molecule has 0 amide bonds. The Morgan fingerprint density at radius 2 is 1.10 bits per heavy atom. The van der Waals surface area contributed by atoms with Crippen LogP contribution in [0.15, 0.2) is 142 Å². The Balaban J connectivity index is 1.54. The molecule has 2 heterocycles. The second-order valence-corrected chi connectivity index (χ2v) is 9.37. The summed E-state index contributed by atoms with van der Waals surface area (Å²) in [6.45, 7) is 0. The third-order valence-electron chi connectivity index (χ3n) is 7.21. The molecule has 0 N–H and O–H groups in total. The molecule has 40 heavy (non-hydrogen) atoms. The van der Waals surface area contributed by atoms with E-state index in [0.29, 0.717) is 22.1 Å². The van der Waals surface area contributed by atoms with Gasteiger partial charge in [-0.2, -0.15) is 0 Å². The zero-order valence-electron chi connectivity index (χ0n) is 35.4. The third-order valence-corrected chi connectivity index (χ3v) is 7.21. The lowest BCUT2D eigenvalue weighted by molar-refractivity contribution is 0.613. The first-order valence-electron chi connectivity index (χ1n) is 19.9. The molecule has 7 aromatic carbocycles. The van der Waals surface area contributed by atoms with Crippen molar-refractivity contribution < 1.29 is 29.4 Å². The van der Waals surface area contributed by atoms with Crippen LogP contribution in [-0.2, 0) is 0 Å². The van der Waals surface area contributed by atoms with E-state index in [9.17, 15) is 8.22 Å². The molecule has 0 fully saturated rings. The molecule has 0 saturated carbocycles. The number of benzene rings is 7. The molecule has 0 saturated heterocycles. The molecule has 0 unspecified atom stereocenters. The highest BCUT2D eigenvalue weighted by Crippen LogP contribution is 2.45. The van der Waals surface area contributed by atoms with Gasteiger partial charge < -0.3 is 8.83 Å². The molecule has 0 spiro atoms. The molecule has 186 valence electrons. The van der Waals surface area contributed by atoms with Crippen molar-refractivity contribution >= 4 is 65.2 Å². The van der Waals surface area contributed by atoms with Gasteiger partial charge in [0.05, 0.1) is 26.8 Å². The van der Waals surface area contributed by atoms with Crippen molar-refractivity contribution in [2.75, 3.05) is 0 Å². The molecule has 9 aromatic rings. The SMILES string of the molecule is [2H]c1c([2H])c([2H])c2c([2H])c(-c3c4c([2H])c([2H])c([2H])c([2H])c4c(-c4ccc5c(c4)oc4cc6occc6cc45)c4c([2H])c([2H])c([2H])c([2H])c34)c([2H])c([2H])c2c1[2H]. The van der Waals surface area contributed by atoms with Crippen LogP contribution in [0.2, 0.25) is 0 Å². The monoisotopic (exact) mass is 525 g/mol. The van der Waals surface area contributed by atoms with Crippen molar-refractivity contribution in [3.63, 3.8) is 0 Å². The Labute approximate surface area is 250 Å². The van der Waals surface area contributed by atoms with Crippen LogP contribution in [-0.4, -0.2) is 0 Å². The quantitative estimate of drug-likeness (QED) is 0.210. The average molecular weight is 526 g/mol. The molecule has 0 bridgehead atoms. The van der Waals surface area contributed by atoms with Crippen LogP contribution in [0.4, 0.5) is 0 Å². The van der Waals surface area contributed by atoms with Crippen LogP contribution in [0.1, 0.15) is 20.6 Å². The largest absolute Gasteiger partial charge is 0.464 e. The van der Waals surface area contributed by atoms with Crippen LogP contribution in [0.5, 0.6) is 0 Å². The standard InChI is InChI=1S/C38H22O2/c1-2-8-24-19-26(14-13-23(24)7-1)37-29-9-3-5-11-31(29)38(32-12-6-4-10-30(32)37)27-15-16-28-33-20-25-17-18-39-34(25)22-36(33)40-35(28)21-27/h1-22H/i1D,2D,3D,4D,5D,6D,7D,8D,9D,10D,11D,12D,13D,14D,19D.